The Hall–Kier alpha value is -3.52. The molecule has 0 bridgehead atoms. The Morgan fingerprint density at radius 3 is 2.67 bits per heavy atom. The lowest BCUT2D eigenvalue weighted by Crippen LogP contribution is -2.32. The van der Waals surface area contributed by atoms with Crippen LogP contribution in [0.25, 0.3) is 11.0 Å². The molecule has 0 radical (unpaired) electrons. The van der Waals surface area contributed by atoms with Crippen LogP contribution in [0.2, 0.25) is 5.15 Å². The summed E-state index contributed by atoms with van der Waals surface area (Å²) in [6.07, 6.45) is -0.423. The number of aromatic nitrogens is 2. The van der Waals surface area contributed by atoms with Crippen molar-refractivity contribution in [3.63, 3.8) is 0 Å². The molecule has 2 amide bonds. The molecular weight excluding hydrogens is 444 g/mol. The molecule has 4 rings (SSSR count). The molecule has 3 aromatic rings. The number of carbonyl (C=O) groups is 3. The van der Waals surface area contributed by atoms with Gasteiger partial charge in [0.1, 0.15) is 11.0 Å². The number of hydrogen-bond acceptors (Lipinski definition) is 6. The standard InChI is InChI=1S/C24H23ClN4O4/c1-14(2)22(31)26-13-5-8-20(30)33-24-17-7-4-3-6-16(17)23(32)29(24)19-12-10-15-9-11-18(25)27-21(15)28-19/h3-4,6-7,9-12,14,24H,5,8,13H2,1-2H3,(H,26,31). The zero-order valence-electron chi connectivity index (χ0n) is 18.2. The molecule has 1 atom stereocenters. The van der Waals surface area contributed by atoms with Gasteiger partial charge in [-0.15, -0.1) is 0 Å². The topological polar surface area (TPSA) is 101 Å². The number of esters is 1. The molecule has 0 saturated carbocycles. The molecule has 9 heteroatoms. The minimum absolute atomic E-state index is 0.0686. The normalized spacial score (nSPS) is 15.1. The fraction of sp³-hybridized carbons (Fsp3) is 0.292. The Bertz CT molecular complexity index is 1230. The van der Waals surface area contributed by atoms with Crippen LogP contribution in [0.1, 0.15) is 48.8 Å². The monoisotopic (exact) mass is 466 g/mol. The second-order valence-corrected chi connectivity index (χ2v) is 8.39. The highest BCUT2D eigenvalue weighted by atomic mass is 35.5. The maximum atomic E-state index is 13.2. The van der Waals surface area contributed by atoms with Gasteiger partial charge >= 0.3 is 5.97 Å². The first kappa shape index (κ1) is 22.7. The Balaban J connectivity index is 1.55. The van der Waals surface area contributed by atoms with Crippen molar-refractivity contribution >= 4 is 46.2 Å². The highest BCUT2D eigenvalue weighted by Gasteiger charge is 2.40. The lowest BCUT2D eigenvalue weighted by Gasteiger charge is -2.24. The summed E-state index contributed by atoms with van der Waals surface area (Å²) in [4.78, 5) is 47.5. The van der Waals surface area contributed by atoms with E-state index < -0.39 is 12.2 Å². The van der Waals surface area contributed by atoms with Gasteiger partial charge in [0.15, 0.2) is 5.65 Å². The number of anilines is 1. The number of carbonyl (C=O) groups excluding carboxylic acids is 3. The van der Waals surface area contributed by atoms with Crippen molar-refractivity contribution in [3.05, 3.63) is 64.8 Å². The van der Waals surface area contributed by atoms with Crippen LogP contribution in [0.15, 0.2) is 48.5 Å². The number of halogens is 1. The highest BCUT2D eigenvalue weighted by Crippen LogP contribution is 2.38. The molecule has 33 heavy (non-hydrogen) atoms. The van der Waals surface area contributed by atoms with Crippen LogP contribution in [0.3, 0.4) is 0 Å². The predicted octanol–water partition coefficient (Wildman–Crippen LogP) is 4.04. The Morgan fingerprint density at radius 1 is 1.12 bits per heavy atom. The van der Waals surface area contributed by atoms with Gasteiger partial charge in [0.2, 0.25) is 12.1 Å². The fourth-order valence-electron chi connectivity index (χ4n) is 3.55. The number of rotatable bonds is 7. The molecule has 1 aliphatic heterocycles. The molecule has 170 valence electrons. The number of benzene rings is 1. The van der Waals surface area contributed by atoms with Crippen LogP contribution in [-0.4, -0.2) is 34.3 Å². The average Bonchev–Trinajstić information content (AvgIpc) is 3.07. The van der Waals surface area contributed by atoms with E-state index in [0.717, 1.165) is 5.39 Å². The average molecular weight is 467 g/mol. The van der Waals surface area contributed by atoms with Crippen molar-refractivity contribution < 1.29 is 19.1 Å². The molecular formula is C24H23ClN4O4. The van der Waals surface area contributed by atoms with Gasteiger partial charge in [-0.2, -0.15) is 0 Å². The van der Waals surface area contributed by atoms with Crippen molar-refractivity contribution in [3.8, 4) is 0 Å². The van der Waals surface area contributed by atoms with E-state index in [1.54, 1.807) is 62.4 Å². The number of pyridine rings is 2. The number of fused-ring (bicyclic) bond motifs is 2. The van der Waals surface area contributed by atoms with Gasteiger partial charge in [-0.05, 0) is 36.8 Å². The third-order valence-corrected chi connectivity index (χ3v) is 5.50. The van der Waals surface area contributed by atoms with E-state index in [2.05, 4.69) is 15.3 Å². The first-order valence-electron chi connectivity index (χ1n) is 10.7. The summed E-state index contributed by atoms with van der Waals surface area (Å²) in [5.74, 6) is -0.677. The zero-order chi connectivity index (χ0) is 23.5. The molecule has 0 aliphatic carbocycles. The molecule has 3 heterocycles. The molecule has 0 fully saturated rings. The van der Waals surface area contributed by atoms with Gasteiger partial charge in [0, 0.05) is 35.4 Å². The van der Waals surface area contributed by atoms with Gasteiger partial charge in [-0.25, -0.2) is 9.97 Å². The summed E-state index contributed by atoms with van der Waals surface area (Å²) < 4.78 is 5.73. The number of nitrogens with one attached hydrogen (secondary N) is 1. The molecule has 1 N–H and O–H groups in total. The third-order valence-electron chi connectivity index (χ3n) is 5.29. The number of ether oxygens (including phenoxy) is 1. The van der Waals surface area contributed by atoms with E-state index >= 15 is 0 Å². The smallest absolute Gasteiger partial charge is 0.308 e. The Kier molecular flexibility index (Phi) is 6.55. The van der Waals surface area contributed by atoms with Crippen LogP contribution >= 0.6 is 11.6 Å². The van der Waals surface area contributed by atoms with Crippen LogP contribution in [-0.2, 0) is 14.3 Å². The lowest BCUT2D eigenvalue weighted by molar-refractivity contribution is -0.149. The second-order valence-electron chi connectivity index (χ2n) is 8.00. The SMILES string of the molecule is CC(C)C(=O)NCCCC(=O)OC1c2ccccc2C(=O)N1c1ccc2ccc(Cl)nc2n1. The first-order chi connectivity index (χ1) is 15.8. The van der Waals surface area contributed by atoms with Crippen molar-refractivity contribution in [1.82, 2.24) is 15.3 Å². The van der Waals surface area contributed by atoms with E-state index in [4.69, 9.17) is 16.3 Å². The van der Waals surface area contributed by atoms with Crippen molar-refractivity contribution in [2.24, 2.45) is 5.92 Å². The van der Waals surface area contributed by atoms with Gasteiger partial charge in [0.05, 0.1) is 0 Å². The van der Waals surface area contributed by atoms with Gasteiger partial charge in [-0.1, -0.05) is 43.6 Å². The predicted molar refractivity (Wildman–Crippen MR) is 124 cm³/mol. The van der Waals surface area contributed by atoms with Crippen LogP contribution in [0.4, 0.5) is 5.82 Å². The molecule has 0 saturated heterocycles. The fourth-order valence-corrected chi connectivity index (χ4v) is 3.70. The Morgan fingerprint density at radius 2 is 1.88 bits per heavy atom. The highest BCUT2D eigenvalue weighted by molar-refractivity contribution is 6.29. The number of amides is 2. The molecule has 1 aromatic carbocycles. The van der Waals surface area contributed by atoms with Gasteiger partial charge in [-0.3, -0.25) is 19.3 Å². The van der Waals surface area contributed by atoms with Crippen LogP contribution in [0.5, 0.6) is 0 Å². The molecule has 0 spiro atoms. The molecule has 2 aromatic heterocycles. The molecule has 8 nitrogen and oxygen atoms in total. The maximum absolute atomic E-state index is 13.2. The van der Waals surface area contributed by atoms with E-state index in [9.17, 15) is 14.4 Å². The summed E-state index contributed by atoms with van der Waals surface area (Å²) >= 11 is 6.00. The summed E-state index contributed by atoms with van der Waals surface area (Å²) in [5.41, 5.74) is 1.42. The van der Waals surface area contributed by atoms with Crippen molar-refractivity contribution in [1.29, 1.82) is 0 Å². The number of hydrogen-bond donors (Lipinski definition) is 1. The zero-order valence-corrected chi connectivity index (χ0v) is 19.0. The van der Waals surface area contributed by atoms with Crippen LogP contribution < -0.4 is 10.2 Å². The molecule has 1 aliphatic rings. The van der Waals surface area contributed by atoms with Gasteiger partial charge in [0.25, 0.3) is 5.91 Å². The van der Waals surface area contributed by atoms with Crippen molar-refractivity contribution in [2.75, 3.05) is 11.4 Å². The van der Waals surface area contributed by atoms with Crippen LogP contribution in [0, 0.1) is 5.92 Å². The molecule has 1 unspecified atom stereocenters. The summed E-state index contributed by atoms with van der Waals surface area (Å²) in [6.45, 7) is 3.97. The first-order valence-corrected chi connectivity index (χ1v) is 11.1. The minimum Gasteiger partial charge on any atom is -0.437 e. The number of nitrogens with zero attached hydrogens (tertiary/aromatic N) is 3. The largest absolute Gasteiger partial charge is 0.437 e. The van der Waals surface area contributed by atoms with Crippen molar-refractivity contribution in [2.45, 2.75) is 32.9 Å². The van der Waals surface area contributed by atoms with E-state index in [-0.39, 0.29) is 29.3 Å². The third kappa shape index (κ3) is 4.80. The Labute approximate surface area is 195 Å². The van der Waals surface area contributed by atoms with E-state index in [0.29, 0.717) is 35.6 Å². The van der Waals surface area contributed by atoms with E-state index in [1.807, 2.05) is 0 Å². The summed E-state index contributed by atoms with van der Waals surface area (Å²) in [7, 11) is 0. The van der Waals surface area contributed by atoms with Gasteiger partial charge < -0.3 is 10.1 Å². The summed E-state index contributed by atoms with van der Waals surface area (Å²) in [6, 6.07) is 13.9. The second kappa shape index (κ2) is 9.54. The maximum Gasteiger partial charge on any atom is 0.308 e. The quantitative estimate of drug-likeness (QED) is 0.320. The summed E-state index contributed by atoms with van der Waals surface area (Å²) in [5, 5.41) is 3.83. The lowest BCUT2D eigenvalue weighted by atomic mass is 10.1. The minimum atomic E-state index is -0.949. The van der Waals surface area contributed by atoms with E-state index in [1.165, 1.54) is 4.90 Å².